The molecule has 5 nitrogen and oxygen atoms in total. The first-order valence-corrected chi connectivity index (χ1v) is 9.19. The van der Waals surface area contributed by atoms with Crippen molar-refractivity contribution in [3.05, 3.63) is 71.3 Å². The second-order valence-electron chi connectivity index (χ2n) is 5.48. The molecule has 0 atom stereocenters. The summed E-state index contributed by atoms with van der Waals surface area (Å²) in [6.07, 6.45) is 1.04. The van der Waals surface area contributed by atoms with Gasteiger partial charge in [-0.3, -0.25) is 0 Å². The van der Waals surface area contributed by atoms with Gasteiger partial charge in [0.15, 0.2) is 5.76 Å². The highest BCUT2D eigenvalue weighted by Gasteiger charge is 2.20. The van der Waals surface area contributed by atoms with Crippen molar-refractivity contribution in [2.45, 2.75) is 25.7 Å². The minimum absolute atomic E-state index is 0.0139. The molecule has 6 heteroatoms. The van der Waals surface area contributed by atoms with Gasteiger partial charge in [-0.15, -0.1) is 0 Å². The Kier molecular flexibility index (Phi) is 5.98. The normalized spacial score (nSPS) is 11.9. The number of rotatable bonds is 6. The minimum Gasteiger partial charge on any atom is -0.463 e. The zero-order valence-corrected chi connectivity index (χ0v) is 15.2. The second kappa shape index (κ2) is 7.98. The highest BCUT2D eigenvalue weighted by Crippen LogP contribution is 2.23. The van der Waals surface area contributed by atoms with Crippen LogP contribution in [-0.2, 0) is 23.8 Å². The predicted molar refractivity (Wildman–Crippen MR) is 95.2 cm³/mol. The number of carbonyl (C=O) groups excluding carboxylic acids is 1. The highest BCUT2D eigenvalue weighted by molar-refractivity contribution is 7.87. The first-order chi connectivity index (χ1) is 11.8. The molecule has 0 aromatic heterocycles. The highest BCUT2D eigenvalue weighted by atomic mass is 32.2. The lowest BCUT2D eigenvalue weighted by Gasteiger charge is -2.11. The molecule has 0 fully saturated rings. The smallest absolute Gasteiger partial charge is 0.339 e. The number of hydrogen-bond donors (Lipinski definition) is 0. The first kappa shape index (κ1) is 18.7. The fourth-order valence-electron chi connectivity index (χ4n) is 2.04. The van der Waals surface area contributed by atoms with Crippen molar-refractivity contribution >= 4 is 21.8 Å². The van der Waals surface area contributed by atoms with E-state index in [1.165, 1.54) is 12.1 Å². The molecule has 0 saturated heterocycles. The number of carbonyl (C=O) groups is 1. The molecule has 0 aliphatic rings. The Bertz CT molecular complexity index is 863. The van der Waals surface area contributed by atoms with E-state index in [1.807, 2.05) is 13.8 Å². The minimum atomic E-state index is -4.07. The number of ether oxygens (including phenoxy) is 1. The lowest BCUT2D eigenvalue weighted by atomic mass is 10.1. The largest absolute Gasteiger partial charge is 0.463 e. The molecule has 0 aliphatic carbocycles. The fraction of sp³-hybridized carbons (Fsp3) is 0.211. The molecule has 0 unspecified atom stereocenters. The maximum absolute atomic E-state index is 12.5. The Morgan fingerprint density at radius 3 is 2.00 bits per heavy atom. The van der Waals surface area contributed by atoms with Gasteiger partial charge < -0.3 is 8.92 Å². The molecular weight excluding hydrogens is 340 g/mol. The zero-order valence-electron chi connectivity index (χ0n) is 14.4. The van der Waals surface area contributed by atoms with Crippen molar-refractivity contribution in [1.82, 2.24) is 0 Å². The second-order valence-corrected chi connectivity index (χ2v) is 7.02. The van der Waals surface area contributed by atoms with Crippen LogP contribution >= 0.6 is 0 Å². The van der Waals surface area contributed by atoms with E-state index in [9.17, 15) is 13.2 Å². The van der Waals surface area contributed by atoms with Gasteiger partial charge in [0.05, 0.1) is 12.7 Å². The van der Waals surface area contributed by atoms with Crippen molar-refractivity contribution in [2.24, 2.45) is 0 Å². The van der Waals surface area contributed by atoms with E-state index >= 15 is 0 Å². The molecule has 132 valence electrons. The van der Waals surface area contributed by atoms with Crippen molar-refractivity contribution in [1.29, 1.82) is 0 Å². The summed E-state index contributed by atoms with van der Waals surface area (Å²) < 4.78 is 35.1. The summed E-state index contributed by atoms with van der Waals surface area (Å²) in [6.45, 7) is 5.61. The number of aryl methyl sites for hydroxylation is 2. The van der Waals surface area contributed by atoms with Crippen LogP contribution in [0.5, 0.6) is 0 Å². The molecule has 0 N–H and O–H groups in total. The molecular formula is C19H20O5S. The average molecular weight is 360 g/mol. The van der Waals surface area contributed by atoms with Crippen LogP contribution in [0.1, 0.15) is 23.6 Å². The number of benzene rings is 2. The number of esters is 1. The van der Waals surface area contributed by atoms with E-state index in [2.05, 4.69) is 0 Å². The van der Waals surface area contributed by atoms with E-state index in [0.29, 0.717) is 5.56 Å². The molecule has 2 aromatic carbocycles. The van der Waals surface area contributed by atoms with Gasteiger partial charge in [0, 0.05) is 5.56 Å². The summed E-state index contributed by atoms with van der Waals surface area (Å²) in [4.78, 5) is 11.8. The van der Waals surface area contributed by atoms with Crippen LogP contribution in [0.15, 0.2) is 59.5 Å². The van der Waals surface area contributed by atoms with Crippen LogP contribution in [0.2, 0.25) is 0 Å². The standard InChI is InChI=1S/C19H20O5S/c1-4-23-19(20)13-18(16-9-5-14(2)6-10-16)24-25(21,22)17-11-7-15(3)8-12-17/h5-13H,4H2,1-3H3/b18-13-. The third kappa shape index (κ3) is 5.19. The Morgan fingerprint density at radius 2 is 1.48 bits per heavy atom. The van der Waals surface area contributed by atoms with E-state index < -0.39 is 16.1 Å². The molecule has 0 heterocycles. The van der Waals surface area contributed by atoms with Gasteiger partial charge in [-0.1, -0.05) is 47.5 Å². The third-order valence-electron chi connectivity index (χ3n) is 3.38. The molecule has 0 aliphatic heterocycles. The maximum atomic E-state index is 12.5. The fourth-order valence-corrected chi connectivity index (χ4v) is 2.98. The summed E-state index contributed by atoms with van der Waals surface area (Å²) in [7, 11) is -4.07. The monoisotopic (exact) mass is 360 g/mol. The van der Waals surface area contributed by atoms with Crippen LogP contribution < -0.4 is 0 Å². The van der Waals surface area contributed by atoms with Crippen molar-refractivity contribution in [3.63, 3.8) is 0 Å². The van der Waals surface area contributed by atoms with E-state index in [0.717, 1.165) is 17.2 Å². The quantitative estimate of drug-likeness (QED) is 0.341. The van der Waals surface area contributed by atoms with Crippen LogP contribution in [0.4, 0.5) is 0 Å². The molecule has 0 spiro atoms. The van der Waals surface area contributed by atoms with Crippen LogP contribution in [0, 0.1) is 13.8 Å². The van der Waals surface area contributed by atoms with Crippen molar-refractivity contribution in [3.8, 4) is 0 Å². The predicted octanol–water partition coefficient (Wildman–Crippen LogP) is 3.61. The van der Waals surface area contributed by atoms with E-state index in [-0.39, 0.29) is 17.3 Å². The molecule has 0 radical (unpaired) electrons. The van der Waals surface area contributed by atoms with Crippen molar-refractivity contribution in [2.75, 3.05) is 6.61 Å². The van der Waals surface area contributed by atoms with Gasteiger partial charge in [-0.25, -0.2) is 4.79 Å². The Hall–Kier alpha value is -2.60. The summed E-state index contributed by atoms with van der Waals surface area (Å²) in [5.74, 6) is -0.754. The SMILES string of the molecule is CCOC(=O)/C=C(\OS(=O)(=O)c1ccc(C)cc1)c1ccc(C)cc1. The third-order valence-corrected chi connectivity index (χ3v) is 4.63. The first-order valence-electron chi connectivity index (χ1n) is 7.78. The van der Waals surface area contributed by atoms with E-state index in [1.54, 1.807) is 43.3 Å². The maximum Gasteiger partial charge on any atom is 0.339 e. The topological polar surface area (TPSA) is 69.7 Å². The molecule has 2 aromatic rings. The van der Waals surface area contributed by atoms with Gasteiger partial charge in [0.1, 0.15) is 4.90 Å². The summed E-state index contributed by atoms with van der Waals surface area (Å²) in [5.41, 5.74) is 2.40. The average Bonchev–Trinajstić information content (AvgIpc) is 2.55. The lowest BCUT2D eigenvalue weighted by molar-refractivity contribution is -0.137. The molecule has 2 rings (SSSR count). The zero-order chi connectivity index (χ0) is 18.4. The summed E-state index contributed by atoms with van der Waals surface area (Å²) >= 11 is 0. The Labute approximate surface area is 148 Å². The van der Waals surface area contributed by atoms with Gasteiger partial charge in [0.2, 0.25) is 0 Å². The van der Waals surface area contributed by atoms with Gasteiger partial charge in [0.25, 0.3) is 0 Å². The summed E-state index contributed by atoms with van der Waals surface area (Å²) in [5, 5.41) is 0. The molecule has 0 bridgehead atoms. The Balaban J connectivity index is 2.40. The molecule has 25 heavy (non-hydrogen) atoms. The van der Waals surface area contributed by atoms with Crippen LogP contribution in [0.25, 0.3) is 5.76 Å². The number of hydrogen-bond acceptors (Lipinski definition) is 5. The molecule has 0 amide bonds. The molecule has 0 saturated carbocycles. The van der Waals surface area contributed by atoms with Gasteiger partial charge in [-0.05, 0) is 32.9 Å². The summed E-state index contributed by atoms with van der Waals surface area (Å²) in [6, 6.07) is 13.2. The van der Waals surface area contributed by atoms with Crippen molar-refractivity contribution < 1.29 is 22.1 Å². The Morgan fingerprint density at radius 1 is 0.960 bits per heavy atom. The van der Waals surface area contributed by atoms with Gasteiger partial charge in [-0.2, -0.15) is 8.42 Å². The van der Waals surface area contributed by atoms with E-state index in [4.69, 9.17) is 8.92 Å². The van der Waals surface area contributed by atoms with Gasteiger partial charge >= 0.3 is 16.1 Å². The van der Waals surface area contributed by atoms with Crippen LogP contribution in [-0.4, -0.2) is 21.0 Å². The lowest BCUT2D eigenvalue weighted by Crippen LogP contribution is -2.09. The van der Waals surface area contributed by atoms with Crippen LogP contribution in [0.3, 0.4) is 0 Å².